The molecule has 3 heterocycles. The molecule has 1 aliphatic heterocycles. The number of aromatic nitrogens is 2. The van der Waals surface area contributed by atoms with Crippen LogP contribution in [0.15, 0.2) is 77.8 Å². The van der Waals surface area contributed by atoms with Gasteiger partial charge in [0.1, 0.15) is 23.6 Å². The van der Waals surface area contributed by atoms with Crippen LogP contribution in [0.1, 0.15) is 38.8 Å². The molecule has 0 radical (unpaired) electrons. The Hall–Kier alpha value is -4.27. The summed E-state index contributed by atoms with van der Waals surface area (Å²) in [7, 11) is 2.65. The first-order valence-electron chi connectivity index (χ1n) is 13.9. The molecule has 0 unspecified atom stereocenters. The molecule has 1 saturated heterocycles. The largest absolute Gasteiger partial charge is 0.495 e. The van der Waals surface area contributed by atoms with Crippen molar-refractivity contribution < 1.29 is 18.8 Å². The molecule has 240 valence electrons. The topological polar surface area (TPSA) is 162 Å². The lowest BCUT2D eigenvalue weighted by molar-refractivity contribution is 0.00578. The van der Waals surface area contributed by atoms with Gasteiger partial charge in [-0.1, -0.05) is 12.1 Å². The van der Waals surface area contributed by atoms with Gasteiger partial charge in [-0.25, -0.2) is 0 Å². The Morgan fingerprint density at radius 1 is 0.739 bits per heavy atom. The highest BCUT2D eigenvalue weighted by atomic mass is 79.9. The van der Waals surface area contributed by atoms with E-state index in [4.69, 9.17) is 40.8 Å². The molecule has 0 atom stereocenters. The van der Waals surface area contributed by atoms with E-state index in [1.165, 1.54) is 7.11 Å². The van der Waals surface area contributed by atoms with Crippen molar-refractivity contribution in [2.24, 2.45) is 0 Å². The average molecular weight is 705 g/mol. The first-order chi connectivity index (χ1) is 21.8. The van der Waals surface area contributed by atoms with Gasteiger partial charge in [-0.05, 0) is 97.3 Å². The number of hydrogen-bond acceptors (Lipinski definition) is 11. The second kappa shape index (κ2) is 17.4. The lowest BCUT2D eigenvalue weighted by Crippen LogP contribution is -2.41. The van der Waals surface area contributed by atoms with Crippen molar-refractivity contribution in [3.63, 3.8) is 0 Å². The fraction of sp³-hybridized carbons (Fsp3) is 0.273. The van der Waals surface area contributed by atoms with Crippen molar-refractivity contribution in [3.8, 4) is 34.8 Å². The minimum Gasteiger partial charge on any atom is -0.495 e. The Labute approximate surface area is 285 Å². The van der Waals surface area contributed by atoms with E-state index in [2.05, 4.69) is 50.7 Å². The summed E-state index contributed by atoms with van der Waals surface area (Å²) in [4.78, 5) is 7.84. The van der Waals surface area contributed by atoms with Crippen molar-refractivity contribution in [1.82, 2.24) is 9.97 Å². The van der Waals surface area contributed by atoms with Crippen molar-refractivity contribution >= 4 is 52.5 Å². The monoisotopic (exact) mass is 704 g/mol. The maximum atomic E-state index is 8.98. The van der Waals surface area contributed by atoms with Crippen LogP contribution in [0.25, 0.3) is 11.1 Å². The molecule has 0 aliphatic carbocycles. The SMILES string of the molecule is COc1cc(-c2cncc(N)c2)ccc1C#N.COc1cc(B2OC(C)(C)C(C)(C)O2)ccc1C#N.CS.Nc1cncc(Br)c1. The third-order valence-corrected chi connectivity index (χ3v) is 7.45. The van der Waals surface area contributed by atoms with Gasteiger partial charge in [0.15, 0.2) is 0 Å². The molecule has 2 aromatic heterocycles. The normalized spacial score (nSPS) is 13.6. The van der Waals surface area contributed by atoms with E-state index in [0.717, 1.165) is 21.1 Å². The third kappa shape index (κ3) is 10.1. The Bertz CT molecular complexity index is 1660. The molecular formula is C33H38BBrN6O4S. The first kappa shape index (κ1) is 37.9. The Balaban J connectivity index is 0.000000250. The van der Waals surface area contributed by atoms with Crippen LogP contribution in [0.3, 0.4) is 0 Å². The van der Waals surface area contributed by atoms with E-state index in [1.54, 1.807) is 68.5 Å². The van der Waals surface area contributed by atoms with E-state index in [9.17, 15) is 0 Å². The van der Waals surface area contributed by atoms with Crippen LogP contribution in [-0.4, -0.2) is 48.8 Å². The molecule has 4 N–H and O–H groups in total. The highest BCUT2D eigenvalue weighted by molar-refractivity contribution is 9.10. The molecule has 1 fully saturated rings. The molecular weight excluding hydrogens is 667 g/mol. The van der Waals surface area contributed by atoms with Crippen LogP contribution in [0.5, 0.6) is 11.5 Å². The molecule has 5 rings (SSSR count). The number of benzene rings is 2. The zero-order valence-electron chi connectivity index (χ0n) is 26.9. The van der Waals surface area contributed by atoms with E-state index >= 15 is 0 Å². The Morgan fingerprint density at radius 3 is 1.70 bits per heavy atom. The van der Waals surface area contributed by atoms with E-state index in [-0.39, 0.29) is 11.2 Å². The minimum atomic E-state index is -0.438. The number of halogens is 1. The van der Waals surface area contributed by atoms with Crippen LogP contribution >= 0.6 is 28.6 Å². The van der Waals surface area contributed by atoms with E-state index < -0.39 is 7.12 Å². The maximum Gasteiger partial charge on any atom is 0.494 e. The maximum absolute atomic E-state index is 8.98. The van der Waals surface area contributed by atoms with Crippen LogP contribution in [-0.2, 0) is 9.31 Å². The molecule has 10 nitrogen and oxygen atoms in total. The zero-order valence-corrected chi connectivity index (χ0v) is 29.4. The van der Waals surface area contributed by atoms with Crippen LogP contribution < -0.4 is 26.4 Å². The number of hydrogen-bond donors (Lipinski definition) is 3. The predicted octanol–water partition coefficient (Wildman–Crippen LogP) is 6.05. The predicted molar refractivity (Wildman–Crippen MR) is 190 cm³/mol. The van der Waals surface area contributed by atoms with Gasteiger partial charge < -0.3 is 30.2 Å². The molecule has 0 amide bonds. The molecule has 4 aromatic rings. The van der Waals surface area contributed by atoms with Crippen molar-refractivity contribution in [3.05, 3.63) is 88.9 Å². The number of pyridine rings is 2. The van der Waals surface area contributed by atoms with Crippen molar-refractivity contribution in [2.75, 3.05) is 31.9 Å². The van der Waals surface area contributed by atoms with Gasteiger partial charge in [-0.15, -0.1) is 0 Å². The van der Waals surface area contributed by atoms with Gasteiger partial charge in [0.05, 0.1) is 47.9 Å². The van der Waals surface area contributed by atoms with Crippen LogP contribution in [0.2, 0.25) is 0 Å². The molecule has 0 spiro atoms. The molecule has 0 saturated carbocycles. The lowest BCUT2D eigenvalue weighted by Gasteiger charge is -2.32. The highest BCUT2D eigenvalue weighted by Crippen LogP contribution is 2.36. The fourth-order valence-corrected chi connectivity index (χ4v) is 4.32. The van der Waals surface area contributed by atoms with Gasteiger partial charge in [0.25, 0.3) is 0 Å². The van der Waals surface area contributed by atoms with Gasteiger partial charge in [-0.2, -0.15) is 23.2 Å². The Kier molecular flexibility index (Phi) is 14.4. The molecule has 1 aliphatic rings. The van der Waals surface area contributed by atoms with E-state index in [1.807, 2.05) is 45.9 Å². The number of rotatable bonds is 4. The van der Waals surface area contributed by atoms with E-state index in [0.29, 0.717) is 34.0 Å². The minimum absolute atomic E-state index is 0.376. The summed E-state index contributed by atoms with van der Waals surface area (Å²) in [5, 5.41) is 17.9. The number of nitriles is 2. The highest BCUT2D eigenvalue weighted by Gasteiger charge is 2.51. The zero-order chi connectivity index (χ0) is 34.5. The number of thiol groups is 1. The fourth-order valence-electron chi connectivity index (χ4n) is 3.93. The quantitative estimate of drug-likeness (QED) is 0.168. The van der Waals surface area contributed by atoms with Gasteiger partial charge >= 0.3 is 7.12 Å². The molecule has 0 bridgehead atoms. The van der Waals surface area contributed by atoms with Gasteiger partial charge in [-0.3, -0.25) is 9.97 Å². The van der Waals surface area contributed by atoms with Crippen LogP contribution in [0.4, 0.5) is 11.4 Å². The number of nitrogens with zero attached hydrogens (tertiary/aromatic N) is 4. The summed E-state index contributed by atoms with van der Waals surface area (Å²) < 4.78 is 23.2. The van der Waals surface area contributed by atoms with Crippen molar-refractivity contribution in [1.29, 1.82) is 10.5 Å². The second-order valence-corrected chi connectivity index (χ2v) is 11.5. The third-order valence-electron chi connectivity index (χ3n) is 7.01. The summed E-state index contributed by atoms with van der Waals surface area (Å²) in [5.41, 5.74) is 15.3. The smallest absolute Gasteiger partial charge is 0.494 e. The number of anilines is 2. The molecule has 13 heteroatoms. The summed E-state index contributed by atoms with van der Waals surface area (Å²) in [6.07, 6.45) is 8.29. The standard InChI is InChI=1S/C14H18BNO3.C13H11N3O.C5H5BrN2.CH4S/c1-13(2)14(3,4)19-15(18-13)11-7-6-10(9-16)12(8-11)17-5;1-17-13-5-9(2-3-10(13)6-14)11-4-12(15)8-16-7-11;6-4-1-5(7)3-8-2-4;1-2/h6-8H,1-5H3;2-5,7-8H,15H2,1H3;1-3H,7H2;2H,1H3. The number of methoxy groups -OCH3 is 2. The Morgan fingerprint density at radius 2 is 1.24 bits per heavy atom. The van der Waals surface area contributed by atoms with Gasteiger partial charge in [0.2, 0.25) is 0 Å². The van der Waals surface area contributed by atoms with Crippen molar-refractivity contribution in [2.45, 2.75) is 38.9 Å². The van der Waals surface area contributed by atoms with Gasteiger partial charge in [0, 0.05) is 34.8 Å². The number of nitrogens with two attached hydrogens (primary N) is 2. The van der Waals surface area contributed by atoms with Crippen LogP contribution in [0, 0.1) is 22.7 Å². The average Bonchev–Trinajstić information content (AvgIpc) is 3.27. The molecule has 2 aromatic carbocycles. The summed E-state index contributed by atoms with van der Waals surface area (Å²) >= 11 is 6.75. The number of nitrogen functional groups attached to an aromatic ring is 2. The number of ether oxygens (including phenoxy) is 2. The first-order valence-corrected chi connectivity index (χ1v) is 15.6. The second-order valence-electron chi connectivity index (χ2n) is 10.6. The summed E-state index contributed by atoms with van der Waals surface area (Å²) in [6, 6.07) is 18.5. The molecule has 46 heavy (non-hydrogen) atoms. The summed E-state index contributed by atoms with van der Waals surface area (Å²) in [5.74, 6) is 1.09. The summed E-state index contributed by atoms with van der Waals surface area (Å²) in [6.45, 7) is 8.03. The lowest BCUT2D eigenvalue weighted by atomic mass is 9.78.